The molecule has 0 saturated carbocycles. The smallest absolute Gasteiger partial charge is 0.119 e. The van der Waals surface area contributed by atoms with Crippen LogP contribution in [0, 0.1) is 0 Å². The minimum Gasteiger partial charge on any atom is -0.497 e. The standard InChI is InChI=1S/C15H24N2O2/c1-15(2)11-16(3)9-13(10-18)17(15)12-5-7-14(19-4)8-6-12/h5-8,13,18H,9-11H2,1-4H3. The van der Waals surface area contributed by atoms with E-state index in [0.717, 1.165) is 24.5 Å². The molecule has 0 spiro atoms. The van der Waals surface area contributed by atoms with Gasteiger partial charge in [0.15, 0.2) is 0 Å². The summed E-state index contributed by atoms with van der Waals surface area (Å²) in [5.74, 6) is 0.858. The minimum absolute atomic E-state index is 0.00498. The molecule has 0 bridgehead atoms. The van der Waals surface area contributed by atoms with Crippen molar-refractivity contribution >= 4 is 5.69 Å². The van der Waals surface area contributed by atoms with Gasteiger partial charge in [0.1, 0.15) is 5.75 Å². The number of benzene rings is 1. The Labute approximate surface area is 115 Å². The molecule has 1 aliphatic rings. The van der Waals surface area contributed by atoms with Gasteiger partial charge in [0.2, 0.25) is 0 Å². The molecular formula is C15H24N2O2. The summed E-state index contributed by atoms with van der Waals surface area (Å²) in [5.41, 5.74) is 1.13. The number of anilines is 1. The van der Waals surface area contributed by atoms with Gasteiger partial charge < -0.3 is 19.6 Å². The molecular weight excluding hydrogens is 240 g/mol. The third-order valence-corrected chi connectivity index (χ3v) is 3.76. The van der Waals surface area contributed by atoms with Crippen molar-refractivity contribution in [2.24, 2.45) is 0 Å². The van der Waals surface area contributed by atoms with Crippen molar-refractivity contribution in [2.45, 2.75) is 25.4 Å². The maximum Gasteiger partial charge on any atom is 0.119 e. The number of aliphatic hydroxyl groups is 1. The molecule has 1 heterocycles. The summed E-state index contributed by atoms with van der Waals surface area (Å²) in [6, 6.07) is 8.20. The Morgan fingerprint density at radius 3 is 2.47 bits per heavy atom. The fourth-order valence-corrected chi connectivity index (χ4v) is 3.18. The first-order chi connectivity index (χ1) is 8.97. The number of ether oxygens (including phenoxy) is 1. The van der Waals surface area contributed by atoms with Crippen molar-refractivity contribution in [3.05, 3.63) is 24.3 Å². The van der Waals surface area contributed by atoms with Gasteiger partial charge in [-0.3, -0.25) is 0 Å². The van der Waals surface area contributed by atoms with E-state index in [2.05, 4.69) is 42.8 Å². The Kier molecular flexibility index (Phi) is 4.02. The average molecular weight is 264 g/mol. The Bertz CT molecular complexity index is 417. The number of hydrogen-bond acceptors (Lipinski definition) is 4. The van der Waals surface area contributed by atoms with Crippen LogP contribution in [0.25, 0.3) is 0 Å². The van der Waals surface area contributed by atoms with Gasteiger partial charge in [-0.05, 0) is 45.2 Å². The van der Waals surface area contributed by atoms with Gasteiger partial charge in [0.05, 0.1) is 19.8 Å². The van der Waals surface area contributed by atoms with E-state index in [1.807, 2.05) is 12.1 Å². The molecule has 1 aromatic carbocycles. The van der Waals surface area contributed by atoms with Crippen molar-refractivity contribution in [3.8, 4) is 5.75 Å². The topological polar surface area (TPSA) is 35.9 Å². The summed E-state index contributed by atoms with van der Waals surface area (Å²) in [6.07, 6.45) is 0. The zero-order chi connectivity index (χ0) is 14.0. The average Bonchev–Trinajstić information content (AvgIpc) is 2.37. The highest BCUT2D eigenvalue weighted by Crippen LogP contribution is 2.31. The highest BCUT2D eigenvalue weighted by Gasteiger charge is 2.38. The molecule has 0 aliphatic carbocycles. The molecule has 1 aliphatic heterocycles. The lowest BCUT2D eigenvalue weighted by Gasteiger charge is -2.52. The van der Waals surface area contributed by atoms with Gasteiger partial charge in [-0.25, -0.2) is 0 Å². The van der Waals surface area contributed by atoms with E-state index in [9.17, 15) is 5.11 Å². The van der Waals surface area contributed by atoms with E-state index in [1.165, 1.54) is 0 Å². The van der Waals surface area contributed by atoms with E-state index >= 15 is 0 Å². The Hall–Kier alpha value is -1.26. The highest BCUT2D eigenvalue weighted by molar-refractivity contribution is 5.53. The number of likely N-dealkylation sites (N-methyl/N-ethyl adjacent to an activating group) is 1. The molecule has 0 amide bonds. The molecule has 1 fully saturated rings. The number of piperazine rings is 1. The van der Waals surface area contributed by atoms with Gasteiger partial charge in [0.25, 0.3) is 0 Å². The lowest BCUT2D eigenvalue weighted by atomic mass is 9.94. The zero-order valence-electron chi connectivity index (χ0n) is 12.3. The van der Waals surface area contributed by atoms with E-state index in [-0.39, 0.29) is 18.2 Å². The van der Waals surface area contributed by atoms with E-state index in [1.54, 1.807) is 7.11 Å². The summed E-state index contributed by atoms with van der Waals surface area (Å²) in [6.45, 7) is 6.46. The predicted molar refractivity (Wildman–Crippen MR) is 77.9 cm³/mol. The number of methoxy groups -OCH3 is 1. The molecule has 19 heavy (non-hydrogen) atoms. The number of nitrogens with zero attached hydrogens (tertiary/aromatic N) is 2. The minimum atomic E-state index is -0.00498. The largest absolute Gasteiger partial charge is 0.497 e. The molecule has 2 rings (SSSR count). The third-order valence-electron chi connectivity index (χ3n) is 3.76. The van der Waals surface area contributed by atoms with Gasteiger partial charge in [0, 0.05) is 24.3 Å². The first-order valence-corrected chi connectivity index (χ1v) is 6.71. The lowest BCUT2D eigenvalue weighted by Crippen LogP contribution is -2.64. The third kappa shape index (κ3) is 2.85. The number of rotatable bonds is 3. The molecule has 1 atom stereocenters. The summed E-state index contributed by atoms with van der Waals surface area (Å²) < 4.78 is 5.20. The monoisotopic (exact) mass is 264 g/mol. The Balaban J connectivity index is 2.32. The van der Waals surface area contributed by atoms with E-state index in [4.69, 9.17) is 4.74 Å². The fraction of sp³-hybridized carbons (Fsp3) is 0.600. The number of hydrogen-bond donors (Lipinski definition) is 1. The van der Waals surface area contributed by atoms with Crippen molar-refractivity contribution in [1.82, 2.24) is 4.90 Å². The van der Waals surface area contributed by atoms with Gasteiger partial charge >= 0.3 is 0 Å². The molecule has 0 aromatic heterocycles. The second-order valence-corrected chi connectivity index (χ2v) is 5.91. The summed E-state index contributed by atoms with van der Waals surface area (Å²) in [5, 5.41) is 9.68. The fourth-order valence-electron chi connectivity index (χ4n) is 3.18. The molecule has 4 nitrogen and oxygen atoms in total. The Morgan fingerprint density at radius 2 is 1.95 bits per heavy atom. The maximum absolute atomic E-state index is 9.68. The normalized spacial score (nSPS) is 23.4. The first-order valence-electron chi connectivity index (χ1n) is 6.71. The van der Waals surface area contributed by atoms with Crippen molar-refractivity contribution in [2.75, 3.05) is 38.8 Å². The predicted octanol–water partition coefficient (Wildman–Crippen LogP) is 1.59. The maximum atomic E-state index is 9.68. The van der Waals surface area contributed by atoms with Crippen LogP contribution in [0.15, 0.2) is 24.3 Å². The van der Waals surface area contributed by atoms with Gasteiger partial charge in [-0.1, -0.05) is 0 Å². The van der Waals surface area contributed by atoms with E-state index in [0.29, 0.717) is 0 Å². The van der Waals surface area contributed by atoms with Crippen LogP contribution in [0.3, 0.4) is 0 Å². The van der Waals surface area contributed by atoms with Crippen LogP contribution in [0.1, 0.15) is 13.8 Å². The Morgan fingerprint density at radius 1 is 1.32 bits per heavy atom. The molecule has 1 aromatic rings. The van der Waals surface area contributed by atoms with Crippen LogP contribution in [0.4, 0.5) is 5.69 Å². The van der Waals surface area contributed by atoms with Crippen molar-refractivity contribution in [3.63, 3.8) is 0 Å². The molecule has 1 unspecified atom stereocenters. The second-order valence-electron chi connectivity index (χ2n) is 5.91. The van der Waals surface area contributed by atoms with Gasteiger partial charge in [-0.15, -0.1) is 0 Å². The molecule has 1 saturated heterocycles. The second kappa shape index (κ2) is 5.39. The molecule has 4 heteroatoms. The van der Waals surface area contributed by atoms with Crippen molar-refractivity contribution < 1.29 is 9.84 Å². The highest BCUT2D eigenvalue weighted by atomic mass is 16.5. The lowest BCUT2D eigenvalue weighted by molar-refractivity contribution is 0.137. The summed E-state index contributed by atoms with van der Waals surface area (Å²) >= 11 is 0. The van der Waals surface area contributed by atoms with Crippen LogP contribution in [0.2, 0.25) is 0 Å². The van der Waals surface area contributed by atoms with Crippen LogP contribution in [0.5, 0.6) is 5.75 Å². The van der Waals surface area contributed by atoms with Crippen molar-refractivity contribution in [1.29, 1.82) is 0 Å². The quantitative estimate of drug-likeness (QED) is 0.899. The van der Waals surface area contributed by atoms with Crippen LogP contribution >= 0.6 is 0 Å². The van der Waals surface area contributed by atoms with Crippen LogP contribution in [-0.2, 0) is 0 Å². The molecule has 1 N–H and O–H groups in total. The first kappa shape index (κ1) is 14.2. The number of aliphatic hydroxyl groups excluding tert-OH is 1. The SMILES string of the molecule is COc1ccc(N2C(CO)CN(C)CC2(C)C)cc1. The summed E-state index contributed by atoms with van der Waals surface area (Å²) in [4.78, 5) is 4.60. The molecule has 106 valence electrons. The molecule has 0 radical (unpaired) electrons. The van der Waals surface area contributed by atoms with E-state index < -0.39 is 0 Å². The van der Waals surface area contributed by atoms with Crippen LogP contribution in [-0.4, -0.2) is 55.4 Å². The van der Waals surface area contributed by atoms with Gasteiger partial charge in [-0.2, -0.15) is 0 Å². The van der Waals surface area contributed by atoms with Crippen LogP contribution < -0.4 is 9.64 Å². The zero-order valence-corrected chi connectivity index (χ0v) is 12.3. The summed E-state index contributed by atoms with van der Waals surface area (Å²) in [7, 11) is 3.78.